The van der Waals surface area contributed by atoms with Gasteiger partial charge in [-0.25, -0.2) is 0 Å². The fourth-order valence-electron chi connectivity index (χ4n) is 1.33. The van der Waals surface area contributed by atoms with Crippen LogP contribution in [0.1, 0.15) is 17.3 Å². The molecule has 0 N–H and O–H groups in total. The van der Waals surface area contributed by atoms with E-state index in [1.54, 1.807) is 12.1 Å². The van der Waals surface area contributed by atoms with Gasteiger partial charge in [-0.1, -0.05) is 12.1 Å². The Bertz CT molecular complexity index is 377. The van der Waals surface area contributed by atoms with Crippen molar-refractivity contribution in [3.8, 4) is 5.75 Å². The van der Waals surface area contributed by atoms with E-state index in [4.69, 9.17) is 4.74 Å². The van der Waals surface area contributed by atoms with E-state index in [9.17, 15) is 4.79 Å². The molecule has 0 atom stereocenters. The zero-order valence-electron chi connectivity index (χ0n) is 7.41. The SMILES string of the molecule is CC1=CC(=O)c2ccccc2OC1. The van der Waals surface area contributed by atoms with E-state index in [1.807, 2.05) is 25.1 Å². The first kappa shape index (κ1) is 8.05. The van der Waals surface area contributed by atoms with Crippen LogP contribution < -0.4 is 4.74 Å². The Morgan fingerprint density at radius 2 is 2.08 bits per heavy atom. The number of para-hydroxylation sites is 1. The number of carbonyl (C=O) groups excluding carboxylic acids is 1. The zero-order chi connectivity index (χ0) is 9.26. The molecule has 0 saturated heterocycles. The number of allylic oxidation sites excluding steroid dienone is 1. The minimum Gasteiger partial charge on any atom is -0.488 e. The smallest absolute Gasteiger partial charge is 0.189 e. The van der Waals surface area contributed by atoms with Crippen molar-refractivity contribution in [2.45, 2.75) is 6.92 Å². The molecule has 0 radical (unpaired) electrons. The van der Waals surface area contributed by atoms with Crippen molar-refractivity contribution in [1.82, 2.24) is 0 Å². The van der Waals surface area contributed by atoms with Crippen LogP contribution in [0.15, 0.2) is 35.9 Å². The van der Waals surface area contributed by atoms with Crippen molar-refractivity contribution in [2.24, 2.45) is 0 Å². The van der Waals surface area contributed by atoms with Gasteiger partial charge in [-0.3, -0.25) is 4.79 Å². The van der Waals surface area contributed by atoms with Crippen molar-refractivity contribution in [3.63, 3.8) is 0 Å². The first-order valence-electron chi connectivity index (χ1n) is 4.21. The standard InChI is InChI=1S/C11H10O2/c1-8-6-10(12)9-4-2-3-5-11(9)13-7-8/h2-6H,7H2,1H3. The maximum atomic E-state index is 11.6. The Morgan fingerprint density at radius 3 is 2.92 bits per heavy atom. The van der Waals surface area contributed by atoms with Gasteiger partial charge in [0.2, 0.25) is 0 Å². The number of ketones is 1. The predicted octanol–water partition coefficient (Wildman–Crippen LogP) is 2.21. The van der Waals surface area contributed by atoms with Crippen LogP contribution in [0.5, 0.6) is 5.75 Å². The van der Waals surface area contributed by atoms with Crippen LogP contribution in [0, 0.1) is 0 Å². The van der Waals surface area contributed by atoms with E-state index < -0.39 is 0 Å². The molecule has 0 aromatic heterocycles. The van der Waals surface area contributed by atoms with Crippen LogP contribution >= 0.6 is 0 Å². The molecule has 1 aliphatic heterocycles. The van der Waals surface area contributed by atoms with Crippen molar-refractivity contribution in [2.75, 3.05) is 6.61 Å². The molecule has 66 valence electrons. The number of fused-ring (bicyclic) bond motifs is 1. The fraction of sp³-hybridized carbons (Fsp3) is 0.182. The van der Waals surface area contributed by atoms with E-state index in [0.29, 0.717) is 17.9 Å². The summed E-state index contributed by atoms with van der Waals surface area (Å²) in [5.41, 5.74) is 1.61. The molecule has 2 nitrogen and oxygen atoms in total. The van der Waals surface area contributed by atoms with Gasteiger partial charge in [0, 0.05) is 0 Å². The summed E-state index contributed by atoms with van der Waals surface area (Å²) in [5.74, 6) is 0.714. The molecule has 2 heteroatoms. The van der Waals surface area contributed by atoms with Crippen LogP contribution in [0.25, 0.3) is 0 Å². The highest BCUT2D eigenvalue weighted by Gasteiger charge is 2.13. The van der Waals surface area contributed by atoms with Gasteiger partial charge in [-0.15, -0.1) is 0 Å². The third kappa shape index (κ3) is 1.47. The molecule has 0 saturated carbocycles. The first-order chi connectivity index (χ1) is 6.27. The van der Waals surface area contributed by atoms with E-state index in [1.165, 1.54) is 0 Å². The molecule has 13 heavy (non-hydrogen) atoms. The Hall–Kier alpha value is -1.57. The second-order valence-corrected chi connectivity index (χ2v) is 3.14. The largest absolute Gasteiger partial charge is 0.488 e. The molecule has 0 bridgehead atoms. The maximum Gasteiger partial charge on any atom is 0.189 e. The second kappa shape index (κ2) is 3.05. The summed E-state index contributed by atoms with van der Waals surface area (Å²) in [5, 5.41) is 0. The van der Waals surface area contributed by atoms with Gasteiger partial charge in [0.1, 0.15) is 12.4 Å². The number of hydrogen-bond acceptors (Lipinski definition) is 2. The Kier molecular flexibility index (Phi) is 1.89. The summed E-state index contributed by atoms with van der Waals surface area (Å²) in [7, 11) is 0. The van der Waals surface area contributed by atoms with Crippen LogP contribution in [-0.2, 0) is 0 Å². The lowest BCUT2D eigenvalue weighted by atomic mass is 10.1. The Labute approximate surface area is 76.8 Å². The first-order valence-corrected chi connectivity index (χ1v) is 4.21. The van der Waals surface area contributed by atoms with E-state index in [0.717, 1.165) is 5.57 Å². The molecular weight excluding hydrogens is 164 g/mol. The molecule has 0 spiro atoms. The van der Waals surface area contributed by atoms with Gasteiger partial charge in [0.05, 0.1) is 5.56 Å². The molecular formula is C11H10O2. The molecule has 0 unspecified atom stereocenters. The van der Waals surface area contributed by atoms with E-state index in [-0.39, 0.29) is 5.78 Å². The summed E-state index contributed by atoms with van der Waals surface area (Å²) in [6.45, 7) is 2.40. The number of benzene rings is 1. The highest BCUT2D eigenvalue weighted by Crippen LogP contribution is 2.22. The maximum absolute atomic E-state index is 11.6. The molecule has 1 aromatic carbocycles. The molecule has 1 heterocycles. The minimum atomic E-state index is 0.0330. The molecule has 0 amide bonds. The Morgan fingerprint density at radius 1 is 1.31 bits per heavy atom. The molecule has 0 fully saturated rings. The van der Waals surface area contributed by atoms with Crippen LogP contribution in [0.4, 0.5) is 0 Å². The highest BCUT2D eigenvalue weighted by molar-refractivity contribution is 6.07. The average molecular weight is 174 g/mol. The topological polar surface area (TPSA) is 26.3 Å². The average Bonchev–Trinajstić information content (AvgIpc) is 2.27. The van der Waals surface area contributed by atoms with Gasteiger partial charge in [-0.05, 0) is 30.7 Å². The third-order valence-electron chi connectivity index (χ3n) is 1.99. The summed E-state index contributed by atoms with van der Waals surface area (Å²) >= 11 is 0. The van der Waals surface area contributed by atoms with Crippen molar-refractivity contribution < 1.29 is 9.53 Å². The molecule has 0 aliphatic carbocycles. The van der Waals surface area contributed by atoms with Crippen molar-refractivity contribution in [3.05, 3.63) is 41.5 Å². The van der Waals surface area contributed by atoms with Gasteiger partial charge in [-0.2, -0.15) is 0 Å². The van der Waals surface area contributed by atoms with Crippen molar-refractivity contribution in [1.29, 1.82) is 0 Å². The normalized spacial score (nSPS) is 15.5. The monoisotopic (exact) mass is 174 g/mol. The number of hydrogen-bond donors (Lipinski definition) is 0. The van der Waals surface area contributed by atoms with E-state index >= 15 is 0 Å². The van der Waals surface area contributed by atoms with E-state index in [2.05, 4.69) is 0 Å². The Balaban J connectivity index is 2.51. The summed E-state index contributed by atoms with van der Waals surface area (Å²) in [6.07, 6.45) is 1.63. The summed E-state index contributed by atoms with van der Waals surface area (Å²) < 4.78 is 5.44. The quantitative estimate of drug-likeness (QED) is 0.602. The summed E-state index contributed by atoms with van der Waals surface area (Å²) in [4.78, 5) is 11.6. The molecule has 2 rings (SSSR count). The second-order valence-electron chi connectivity index (χ2n) is 3.14. The lowest BCUT2D eigenvalue weighted by Gasteiger charge is -2.04. The number of carbonyl (C=O) groups is 1. The highest BCUT2D eigenvalue weighted by atomic mass is 16.5. The lowest BCUT2D eigenvalue weighted by molar-refractivity contribution is 0.104. The molecule has 1 aromatic rings. The third-order valence-corrected chi connectivity index (χ3v) is 1.99. The fourth-order valence-corrected chi connectivity index (χ4v) is 1.33. The van der Waals surface area contributed by atoms with Crippen LogP contribution in [-0.4, -0.2) is 12.4 Å². The van der Waals surface area contributed by atoms with Gasteiger partial charge in [0.25, 0.3) is 0 Å². The number of rotatable bonds is 0. The number of ether oxygens (including phenoxy) is 1. The zero-order valence-corrected chi connectivity index (χ0v) is 7.41. The van der Waals surface area contributed by atoms with Gasteiger partial charge < -0.3 is 4.74 Å². The van der Waals surface area contributed by atoms with Crippen molar-refractivity contribution >= 4 is 5.78 Å². The predicted molar refractivity (Wildman–Crippen MR) is 50.0 cm³/mol. The van der Waals surface area contributed by atoms with Crippen LogP contribution in [0.2, 0.25) is 0 Å². The van der Waals surface area contributed by atoms with Gasteiger partial charge in [0.15, 0.2) is 5.78 Å². The van der Waals surface area contributed by atoms with Crippen LogP contribution in [0.3, 0.4) is 0 Å². The molecule has 1 aliphatic rings. The lowest BCUT2D eigenvalue weighted by Crippen LogP contribution is -1.97. The summed E-state index contributed by atoms with van der Waals surface area (Å²) in [6, 6.07) is 7.31. The van der Waals surface area contributed by atoms with Gasteiger partial charge >= 0.3 is 0 Å². The minimum absolute atomic E-state index is 0.0330.